The Morgan fingerprint density at radius 2 is 1.89 bits per heavy atom. The number of nitrogens with zero attached hydrogens (tertiary/aromatic N) is 1. The Kier molecular flexibility index (Phi) is 4.35. The van der Waals surface area contributed by atoms with Crippen LogP contribution in [0.5, 0.6) is 0 Å². The van der Waals surface area contributed by atoms with Crippen LogP contribution < -0.4 is 0 Å². The van der Waals surface area contributed by atoms with E-state index in [2.05, 4.69) is 6.92 Å². The van der Waals surface area contributed by atoms with E-state index in [0.717, 1.165) is 18.4 Å². The van der Waals surface area contributed by atoms with Gasteiger partial charge in [-0.3, -0.25) is 14.5 Å². The zero-order valence-electron chi connectivity index (χ0n) is 11.6. The van der Waals surface area contributed by atoms with Crippen molar-refractivity contribution in [1.29, 1.82) is 0 Å². The molecule has 1 fully saturated rings. The maximum Gasteiger partial charge on any atom is 0.232 e. The number of imide groups is 1. The Bertz CT molecular complexity index is 455. The van der Waals surface area contributed by atoms with Crippen LogP contribution in [0.4, 0.5) is 0 Å². The molecule has 2 amide bonds. The molecule has 0 aliphatic carbocycles. The van der Waals surface area contributed by atoms with Crippen molar-refractivity contribution < 1.29 is 9.59 Å². The first-order valence-electron chi connectivity index (χ1n) is 7.01. The summed E-state index contributed by atoms with van der Waals surface area (Å²) in [6, 6.07) is 9.70. The van der Waals surface area contributed by atoms with Crippen LogP contribution in [0, 0.1) is 11.8 Å². The van der Waals surface area contributed by atoms with E-state index in [1.807, 2.05) is 37.3 Å². The Morgan fingerprint density at radius 3 is 2.53 bits per heavy atom. The Labute approximate surface area is 114 Å². The van der Waals surface area contributed by atoms with Crippen LogP contribution in [0.15, 0.2) is 30.3 Å². The maximum absolute atomic E-state index is 12.4. The zero-order valence-corrected chi connectivity index (χ0v) is 11.6. The summed E-state index contributed by atoms with van der Waals surface area (Å²) in [4.78, 5) is 26.0. The number of carbonyl (C=O) groups is 2. The average molecular weight is 259 g/mol. The third-order valence-corrected chi connectivity index (χ3v) is 3.85. The lowest BCUT2D eigenvalue weighted by Gasteiger charge is -2.34. The van der Waals surface area contributed by atoms with E-state index in [-0.39, 0.29) is 23.7 Å². The molecule has 19 heavy (non-hydrogen) atoms. The van der Waals surface area contributed by atoms with Gasteiger partial charge in [-0.25, -0.2) is 0 Å². The quantitative estimate of drug-likeness (QED) is 0.779. The third-order valence-electron chi connectivity index (χ3n) is 3.85. The first-order chi connectivity index (χ1) is 9.13. The molecule has 1 heterocycles. The van der Waals surface area contributed by atoms with Crippen LogP contribution in [-0.4, -0.2) is 16.7 Å². The molecule has 3 nitrogen and oxygen atoms in total. The van der Waals surface area contributed by atoms with Gasteiger partial charge < -0.3 is 0 Å². The molecule has 0 radical (unpaired) electrons. The summed E-state index contributed by atoms with van der Waals surface area (Å²) >= 11 is 0. The fourth-order valence-electron chi connectivity index (χ4n) is 2.75. The number of hydrogen-bond acceptors (Lipinski definition) is 2. The van der Waals surface area contributed by atoms with Gasteiger partial charge in [0.15, 0.2) is 0 Å². The van der Waals surface area contributed by atoms with Crippen molar-refractivity contribution in [3.05, 3.63) is 35.9 Å². The van der Waals surface area contributed by atoms with Crippen molar-refractivity contribution in [3.63, 3.8) is 0 Å². The SMILES string of the molecule is CCC[C@@H]1C(=O)N(Cc2ccccc2)C(=O)C[C@@H]1C. The lowest BCUT2D eigenvalue weighted by atomic mass is 9.83. The van der Waals surface area contributed by atoms with Crippen molar-refractivity contribution in [1.82, 2.24) is 4.90 Å². The van der Waals surface area contributed by atoms with Gasteiger partial charge >= 0.3 is 0 Å². The highest BCUT2D eigenvalue weighted by atomic mass is 16.2. The standard InChI is InChI=1S/C16H21NO2/c1-3-7-14-12(2)10-15(18)17(16(14)19)11-13-8-5-4-6-9-13/h4-6,8-9,12,14H,3,7,10-11H2,1-2H3/t12-,14-/m0/s1. The summed E-state index contributed by atoms with van der Waals surface area (Å²) in [6.45, 7) is 4.50. The second-order valence-corrected chi connectivity index (χ2v) is 5.38. The van der Waals surface area contributed by atoms with Gasteiger partial charge in [-0.15, -0.1) is 0 Å². The minimum atomic E-state index is -0.0336. The van der Waals surface area contributed by atoms with E-state index in [4.69, 9.17) is 0 Å². The smallest absolute Gasteiger partial charge is 0.232 e. The molecule has 2 atom stereocenters. The predicted octanol–water partition coefficient (Wildman–Crippen LogP) is 3.00. The number of rotatable bonds is 4. The molecule has 3 heteroatoms. The average Bonchev–Trinajstić information content (AvgIpc) is 2.41. The highest BCUT2D eigenvalue weighted by Gasteiger charge is 2.38. The Balaban J connectivity index is 2.14. The van der Waals surface area contributed by atoms with Crippen molar-refractivity contribution in [3.8, 4) is 0 Å². The van der Waals surface area contributed by atoms with E-state index in [0.29, 0.717) is 13.0 Å². The van der Waals surface area contributed by atoms with Crippen molar-refractivity contribution >= 4 is 11.8 Å². The van der Waals surface area contributed by atoms with Gasteiger partial charge in [-0.05, 0) is 17.9 Å². The third kappa shape index (κ3) is 3.03. The number of hydrogen-bond donors (Lipinski definition) is 0. The van der Waals surface area contributed by atoms with Crippen molar-refractivity contribution in [2.24, 2.45) is 11.8 Å². The largest absolute Gasteiger partial charge is 0.278 e. The minimum absolute atomic E-state index is 0.00594. The maximum atomic E-state index is 12.4. The summed E-state index contributed by atoms with van der Waals surface area (Å²) in [7, 11) is 0. The lowest BCUT2D eigenvalue weighted by Crippen LogP contribution is -2.47. The number of likely N-dealkylation sites (tertiary alicyclic amines) is 1. The molecular formula is C16H21NO2. The van der Waals surface area contributed by atoms with E-state index >= 15 is 0 Å². The molecular weight excluding hydrogens is 238 g/mol. The van der Waals surface area contributed by atoms with Gasteiger partial charge in [0.1, 0.15) is 0 Å². The first-order valence-corrected chi connectivity index (χ1v) is 7.01. The number of piperidine rings is 1. The molecule has 0 aromatic heterocycles. The molecule has 1 aliphatic rings. The van der Waals surface area contributed by atoms with E-state index in [1.54, 1.807) is 0 Å². The van der Waals surface area contributed by atoms with Crippen LogP contribution in [0.25, 0.3) is 0 Å². The lowest BCUT2D eigenvalue weighted by molar-refractivity contribution is -0.155. The van der Waals surface area contributed by atoms with E-state index in [9.17, 15) is 9.59 Å². The topological polar surface area (TPSA) is 37.4 Å². The van der Waals surface area contributed by atoms with Gasteiger partial charge in [0.05, 0.1) is 6.54 Å². The summed E-state index contributed by atoms with van der Waals surface area (Å²) in [6.07, 6.45) is 2.34. The highest BCUT2D eigenvalue weighted by molar-refractivity contribution is 5.99. The van der Waals surface area contributed by atoms with Crippen LogP contribution >= 0.6 is 0 Å². The molecule has 0 saturated carbocycles. The van der Waals surface area contributed by atoms with Gasteiger partial charge in [0.25, 0.3) is 0 Å². The molecule has 0 spiro atoms. The van der Waals surface area contributed by atoms with Gasteiger partial charge in [-0.1, -0.05) is 50.6 Å². The first kappa shape index (κ1) is 13.8. The van der Waals surface area contributed by atoms with Gasteiger partial charge in [0.2, 0.25) is 11.8 Å². The normalized spacial score (nSPS) is 23.8. The second kappa shape index (κ2) is 6.00. The molecule has 102 valence electrons. The number of amides is 2. The number of carbonyl (C=O) groups excluding carboxylic acids is 2. The molecule has 1 aromatic carbocycles. The second-order valence-electron chi connectivity index (χ2n) is 5.38. The Morgan fingerprint density at radius 1 is 1.21 bits per heavy atom. The molecule has 0 unspecified atom stereocenters. The van der Waals surface area contributed by atoms with Crippen LogP contribution in [0.3, 0.4) is 0 Å². The van der Waals surface area contributed by atoms with E-state index in [1.165, 1.54) is 4.90 Å². The molecule has 0 bridgehead atoms. The molecule has 2 rings (SSSR count). The summed E-state index contributed by atoms with van der Waals surface area (Å²) in [5.41, 5.74) is 1.01. The fraction of sp³-hybridized carbons (Fsp3) is 0.500. The zero-order chi connectivity index (χ0) is 13.8. The van der Waals surface area contributed by atoms with Gasteiger partial charge in [0, 0.05) is 12.3 Å². The number of benzene rings is 1. The molecule has 1 aromatic rings. The van der Waals surface area contributed by atoms with Crippen molar-refractivity contribution in [2.45, 2.75) is 39.7 Å². The molecule has 0 N–H and O–H groups in total. The van der Waals surface area contributed by atoms with Crippen LogP contribution in [0.1, 0.15) is 38.7 Å². The minimum Gasteiger partial charge on any atom is -0.278 e. The molecule has 1 aliphatic heterocycles. The predicted molar refractivity (Wildman–Crippen MR) is 74.2 cm³/mol. The van der Waals surface area contributed by atoms with Crippen LogP contribution in [0.2, 0.25) is 0 Å². The van der Waals surface area contributed by atoms with Crippen LogP contribution in [-0.2, 0) is 16.1 Å². The highest BCUT2D eigenvalue weighted by Crippen LogP contribution is 2.29. The van der Waals surface area contributed by atoms with Crippen molar-refractivity contribution in [2.75, 3.05) is 0 Å². The monoisotopic (exact) mass is 259 g/mol. The summed E-state index contributed by atoms with van der Waals surface area (Å²) in [5.74, 6) is 0.154. The summed E-state index contributed by atoms with van der Waals surface area (Å²) < 4.78 is 0. The fourth-order valence-corrected chi connectivity index (χ4v) is 2.75. The molecule has 1 saturated heterocycles. The van der Waals surface area contributed by atoms with E-state index < -0.39 is 0 Å². The summed E-state index contributed by atoms with van der Waals surface area (Å²) in [5, 5.41) is 0. The Hall–Kier alpha value is -1.64. The van der Waals surface area contributed by atoms with Gasteiger partial charge in [-0.2, -0.15) is 0 Å².